The topological polar surface area (TPSA) is 95.0 Å². The molecule has 1 saturated heterocycles. The van der Waals surface area contributed by atoms with Crippen LogP contribution in [0.2, 0.25) is 0 Å². The smallest absolute Gasteiger partial charge is 0.354 e. The van der Waals surface area contributed by atoms with Gasteiger partial charge in [0.05, 0.1) is 18.9 Å². The van der Waals surface area contributed by atoms with Crippen LogP contribution in [0.1, 0.15) is 32.0 Å². The van der Waals surface area contributed by atoms with Gasteiger partial charge in [-0.15, -0.1) is 0 Å². The molecule has 1 aromatic heterocycles. The van der Waals surface area contributed by atoms with E-state index >= 15 is 4.39 Å². The Morgan fingerprint density at radius 3 is 2.46 bits per heavy atom. The number of amides is 1. The Hall–Kier alpha value is -4.76. The highest BCUT2D eigenvalue weighted by Crippen LogP contribution is 2.46. The molecule has 2 aliphatic rings. The molecule has 208 valence electrons. The van der Waals surface area contributed by atoms with Gasteiger partial charge in [0, 0.05) is 67.9 Å². The lowest BCUT2D eigenvalue weighted by atomic mass is 9.94. The Morgan fingerprint density at radius 1 is 1.00 bits per heavy atom. The van der Waals surface area contributed by atoms with E-state index in [2.05, 4.69) is 21.3 Å². The number of pyridine rings is 1. The molecule has 0 saturated carbocycles. The Kier molecular flexibility index (Phi) is 6.88. The Balaban J connectivity index is 1.38. The van der Waals surface area contributed by atoms with Crippen LogP contribution in [0.25, 0.3) is 22.3 Å². The van der Waals surface area contributed by atoms with E-state index < -0.39 is 17.7 Å². The van der Waals surface area contributed by atoms with Crippen molar-refractivity contribution < 1.29 is 23.8 Å². The molecular weight excluding hydrogens is 523 g/mol. The van der Waals surface area contributed by atoms with E-state index in [1.807, 2.05) is 43.3 Å². The quantitative estimate of drug-likeness (QED) is 0.295. The number of benzene rings is 3. The molecule has 0 radical (unpaired) electrons. The number of carbonyl (C=O) groups is 2. The van der Waals surface area contributed by atoms with Crippen LogP contribution in [0.15, 0.2) is 66.9 Å². The molecule has 8 nitrogen and oxygen atoms in total. The average Bonchev–Trinajstić information content (AvgIpc) is 3.37. The lowest BCUT2D eigenvalue weighted by molar-refractivity contribution is 0.0689. The van der Waals surface area contributed by atoms with E-state index in [9.17, 15) is 14.7 Å². The summed E-state index contributed by atoms with van der Waals surface area (Å²) in [5.41, 5.74) is 6.11. The third-order valence-electron chi connectivity index (χ3n) is 7.67. The van der Waals surface area contributed by atoms with Crippen LogP contribution in [-0.2, 0) is 11.2 Å². The Bertz CT molecular complexity index is 1660. The molecular formula is C32H29FN4O4. The minimum absolute atomic E-state index is 0.0288. The van der Waals surface area contributed by atoms with E-state index in [0.717, 1.165) is 35.6 Å². The maximum atomic E-state index is 16.0. The number of fused-ring (bicyclic) bond motifs is 3. The second-order valence-corrected chi connectivity index (χ2v) is 10.4. The first-order valence-electron chi connectivity index (χ1n) is 13.4. The Labute approximate surface area is 237 Å². The van der Waals surface area contributed by atoms with Crippen LogP contribution in [0.4, 0.5) is 21.5 Å². The first-order chi connectivity index (χ1) is 19.8. The maximum absolute atomic E-state index is 16.0. The van der Waals surface area contributed by atoms with Crippen LogP contribution in [0.5, 0.6) is 0 Å². The number of morpholine rings is 1. The summed E-state index contributed by atoms with van der Waals surface area (Å²) in [5, 5.41) is 12.6. The van der Waals surface area contributed by atoms with Crippen molar-refractivity contribution >= 4 is 28.9 Å². The van der Waals surface area contributed by atoms with Crippen molar-refractivity contribution in [2.75, 3.05) is 55.5 Å². The molecule has 4 aromatic rings. The van der Waals surface area contributed by atoms with Gasteiger partial charge in [-0.3, -0.25) is 4.79 Å². The van der Waals surface area contributed by atoms with E-state index in [0.29, 0.717) is 41.9 Å². The molecule has 0 spiro atoms. The number of nitrogens with zero attached hydrogens (tertiary/aromatic N) is 3. The van der Waals surface area contributed by atoms with Gasteiger partial charge in [-0.1, -0.05) is 18.2 Å². The molecule has 2 N–H and O–H groups in total. The summed E-state index contributed by atoms with van der Waals surface area (Å²) in [5.74, 6) is -2.18. The number of carbonyl (C=O) groups excluding carboxylic acids is 1. The highest BCUT2D eigenvalue weighted by Gasteiger charge is 2.30. The van der Waals surface area contributed by atoms with E-state index in [1.165, 1.54) is 12.3 Å². The molecule has 9 heteroatoms. The lowest BCUT2D eigenvalue weighted by Gasteiger charge is -2.29. The van der Waals surface area contributed by atoms with E-state index in [4.69, 9.17) is 4.74 Å². The summed E-state index contributed by atoms with van der Waals surface area (Å²) in [6.45, 7) is 2.87. The zero-order chi connectivity index (χ0) is 28.7. The van der Waals surface area contributed by atoms with Crippen molar-refractivity contribution in [2.24, 2.45) is 0 Å². The minimum Gasteiger partial charge on any atom is -0.477 e. The standard InChI is InChI=1S/C32H29FN4O4/c1-36(2)21-8-6-19(7-9-21)31(38)35-27-5-3-4-24(29(27)33)26-18-34-30(32(39)40)25-17-20-16-22(10-11-23(20)28(25)26)37-12-14-41-15-13-37/h3-11,16,18H,12-15,17H2,1-2H3,(H,35,38)(H,39,40). The number of halogens is 1. The van der Waals surface area contributed by atoms with Crippen molar-refractivity contribution in [1.82, 2.24) is 4.98 Å². The number of aromatic nitrogens is 1. The fraction of sp³-hybridized carbons (Fsp3) is 0.219. The van der Waals surface area contributed by atoms with Gasteiger partial charge in [0.25, 0.3) is 5.91 Å². The molecule has 3 aromatic carbocycles. The molecule has 1 amide bonds. The number of rotatable bonds is 6. The molecule has 1 fully saturated rings. The molecule has 1 aliphatic carbocycles. The van der Waals surface area contributed by atoms with Crippen LogP contribution in [0.3, 0.4) is 0 Å². The van der Waals surface area contributed by atoms with Gasteiger partial charge in [0.1, 0.15) is 0 Å². The summed E-state index contributed by atoms with van der Waals surface area (Å²) in [4.78, 5) is 33.5. The van der Waals surface area contributed by atoms with Crippen molar-refractivity contribution in [3.63, 3.8) is 0 Å². The number of hydrogen-bond donors (Lipinski definition) is 2. The number of aromatic carboxylic acids is 1. The molecule has 1 aliphatic heterocycles. The van der Waals surface area contributed by atoms with Crippen LogP contribution in [-0.4, -0.2) is 62.4 Å². The number of carboxylic acids is 1. The van der Waals surface area contributed by atoms with Gasteiger partial charge in [-0.05, 0) is 64.7 Å². The number of ether oxygens (including phenoxy) is 1. The predicted octanol–water partition coefficient (Wildman–Crippen LogP) is 5.31. The highest BCUT2D eigenvalue weighted by molar-refractivity contribution is 6.05. The maximum Gasteiger partial charge on any atom is 0.354 e. The molecule has 2 heterocycles. The molecule has 0 bridgehead atoms. The fourth-order valence-corrected chi connectivity index (χ4v) is 5.54. The molecule has 0 atom stereocenters. The summed E-state index contributed by atoms with van der Waals surface area (Å²) in [7, 11) is 3.82. The van der Waals surface area contributed by atoms with Crippen molar-refractivity contribution in [3.8, 4) is 22.3 Å². The summed E-state index contributed by atoms with van der Waals surface area (Å²) < 4.78 is 21.5. The molecule has 6 rings (SSSR count). The van der Waals surface area contributed by atoms with Gasteiger partial charge in [-0.25, -0.2) is 14.2 Å². The summed E-state index contributed by atoms with van der Waals surface area (Å²) in [6.07, 6.45) is 1.80. The summed E-state index contributed by atoms with van der Waals surface area (Å²) >= 11 is 0. The third-order valence-corrected chi connectivity index (χ3v) is 7.67. The van der Waals surface area contributed by atoms with Gasteiger partial charge in [0.15, 0.2) is 11.5 Å². The first-order valence-corrected chi connectivity index (χ1v) is 13.4. The normalized spacial score (nSPS) is 13.9. The van der Waals surface area contributed by atoms with Crippen LogP contribution >= 0.6 is 0 Å². The Morgan fingerprint density at radius 2 is 1.76 bits per heavy atom. The third kappa shape index (κ3) is 4.89. The predicted molar refractivity (Wildman–Crippen MR) is 157 cm³/mol. The average molecular weight is 553 g/mol. The summed E-state index contributed by atoms with van der Waals surface area (Å²) in [6, 6.07) is 17.9. The zero-order valence-corrected chi connectivity index (χ0v) is 22.8. The molecule has 0 unspecified atom stereocenters. The first kappa shape index (κ1) is 26.5. The van der Waals surface area contributed by atoms with Gasteiger partial charge in [-0.2, -0.15) is 0 Å². The van der Waals surface area contributed by atoms with E-state index in [1.54, 1.807) is 24.3 Å². The van der Waals surface area contributed by atoms with E-state index in [-0.39, 0.29) is 16.9 Å². The molecule has 41 heavy (non-hydrogen) atoms. The minimum atomic E-state index is -1.13. The van der Waals surface area contributed by atoms with Crippen molar-refractivity contribution in [1.29, 1.82) is 0 Å². The number of anilines is 3. The lowest BCUT2D eigenvalue weighted by Crippen LogP contribution is -2.36. The van der Waals surface area contributed by atoms with Gasteiger partial charge >= 0.3 is 5.97 Å². The van der Waals surface area contributed by atoms with Crippen LogP contribution in [0, 0.1) is 5.82 Å². The SMILES string of the molecule is CN(C)c1ccc(C(=O)Nc2cccc(-c3cnc(C(=O)O)c4c3-c3ccc(N5CCOCC5)cc3C4)c2F)cc1. The van der Waals surface area contributed by atoms with Crippen molar-refractivity contribution in [2.45, 2.75) is 6.42 Å². The number of carboxylic acid groups (broad SMARTS) is 1. The highest BCUT2D eigenvalue weighted by atomic mass is 19.1. The number of nitrogens with one attached hydrogen (secondary N) is 1. The monoisotopic (exact) mass is 552 g/mol. The zero-order valence-electron chi connectivity index (χ0n) is 22.8. The number of hydrogen-bond acceptors (Lipinski definition) is 6. The fourth-order valence-electron chi connectivity index (χ4n) is 5.54. The van der Waals surface area contributed by atoms with Gasteiger partial charge in [0.2, 0.25) is 0 Å². The van der Waals surface area contributed by atoms with Gasteiger partial charge < -0.3 is 25.0 Å². The largest absolute Gasteiger partial charge is 0.477 e. The van der Waals surface area contributed by atoms with Crippen molar-refractivity contribution in [3.05, 3.63) is 95.1 Å². The second-order valence-electron chi connectivity index (χ2n) is 10.4. The van der Waals surface area contributed by atoms with Crippen LogP contribution < -0.4 is 15.1 Å². The second kappa shape index (κ2) is 10.7.